The van der Waals surface area contributed by atoms with Crippen LogP contribution in [-0.4, -0.2) is 96.7 Å². The molecular weight excluding hydrogens is 1220 g/mol. The zero-order chi connectivity index (χ0) is 68.7. The molecule has 0 aliphatic heterocycles. The number of carbonyl (C=O) groups excluding carboxylic acids is 4. The Bertz CT molecular complexity index is 1820. The number of phosphoric ester groups is 2. The minimum atomic E-state index is -4.96. The highest BCUT2D eigenvalue weighted by atomic mass is 31.2. The van der Waals surface area contributed by atoms with Crippen LogP contribution < -0.4 is 0 Å². The van der Waals surface area contributed by atoms with Gasteiger partial charge in [-0.2, -0.15) is 0 Å². The quantitative estimate of drug-likeness (QED) is 0.0222. The Hall–Kier alpha value is -1.94. The molecule has 0 bridgehead atoms. The van der Waals surface area contributed by atoms with E-state index in [2.05, 4.69) is 48.5 Å². The maximum Gasteiger partial charge on any atom is 0.472 e. The van der Waals surface area contributed by atoms with E-state index in [1.165, 1.54) is 180 Å². The zero-order valence-electron chi connectivity index (χ0n) is 60.7. The van der Waals surface area contributed by atoms with Crippen LogP contribution in [0.2, 0.25) is 0 Å². The molecule has 6 atom stereocenters. The first-order chi connectivity index (χ1) is 44.8. The molecule has 0 saturated carbocycles. The lowest BCUT2D eigenvalue weighted by Crippen LogP contribution is -2.30. The van der Waals surface area contributed by atoms with E-state index in [0.717, 1.165) is 114 Å². The Morgan fingerprint density at radius 3 is 0.817 bits per heavy atom. The van der Waals surface area contributed by atoms with Gasteiger partial charge in [-0.1, -0.05) is 325 Å². The van der Waals surface area contributed by atoms with Crippen LogP contribution in [0.3, 0.4) is 0 Å². The van der Waals surface area contributed by atoms with E-state index in [1.807, 2.05) is 0 Å². The highest BCUT2D eigenvalue weighted by Crippen LogP contribution is 2.45. The van der Waals surface area contributed by atoms with Crippen LogP contribution in [0.4, 0.5) is 0 Å². The van der Waals surface area contributed by atoms with Crippen molar-refractivity contribution in [3.8, 4) is 0 Å². The third kappa shape index (κ3) is 67.0. The molecule has 3 N–H and O–H groups in total. The fourth-order valence-electron chi connectivity index (χ4n) is 11.2. The van der Waals surface area contributed by atoms with Crippen molar-refractivity contribution in [1.29, 1.82) is 0 Å². The van der Waals surface area contributed by atoms with Gasteiger partial charge in [0, 0.05) is 25.7 Å². The molecule has 3 unspecified atom stereocenters. The summed E-state index contributed by atoms with van der Waals surface area (Å²) in [5.74, 6) is 0.128. The summed E-state index contributed by atoms with van der Waals surface area (Å²) in [6, 6.07) is 0. The van der Waals surface area contributed by atoms with Crippen molar-refractivity contribution in [2.24, 2.45) is 17.8 Å². The molecule has 0 amide bonds. The lowest BCUT2D eigenvalue weighted by Gasteiger charge is -2.21. The first kappa shape index (κ1) is 91.1. The Labute approximate surface area is 568 Å². The van der Waals surface area contributed by atoms with Crippen LogP contribution in [0, 0.1) is 17.8 Å². The van der Waals surface area contributed by atoms with Gasteiger partial charge >= 0.3 is 39.5 Å². The van der Waals surface area contributed by atoms with Gasteiger partial charge in [0.25, 0.3) is 0 Å². The third-order valence-electron chi connectivity index (χ3n) is 17.5. The number of aliphatic hydroxyl groups excluding tert-OH is 1. The summed E-state index contributed by atoms with van der Waals surface area (Å²) in [4.78, 5) is 72.7. The van der Waals surface area contributed by atoms with Crippen LogP contribution in [0.25, 0.3) is 0 Å². The number of hydrogen-bond acceptors (Lipinski definition) is 15. The number of esters is 4. The second-order valence-corrected chi connectivity index (χ2v) is 30.8. The van der Waals surface area contributed by atoms with E-state index >= 15 is 0 Å². The Kier molecular flexibility index (Phi) is 63.4. The maximum absolute atomic E-state index is 13.1. The fourth-order valence-corrected chi connectivity index (χ4v) is 12.8. The average molecular weight is 1370 g/mol. The lowest BCUT2D eigenvalue weighted by atomic mass is 10.00. The van der Waals surface area contributed by atoms with Gasteiger partial charge in [0.05, 0.1) is 26.4 Å². The first-order valence-electron chi connectivity index (χ1n) is 38.4. The van der Waals surface area contributed by atoms with E-state index in [1.54, 1.807) is 0 Å². The molecule has 0 heterocycles. The summed E-state index contributed by atoms with van der Waals surface area (Å²) in [5.41, 5.74) is 0. The summed E-state index contributed by atoms with van der Waals surface area (Å²) in [7, 11) is -9.91. The van der Waals surface area contributed by atoms with Gasteiger partial charge in [-0.15, -0.1) is 0 Å². The van der Waals surface area contributed by atoms with Crippen molar-refractivity contribution in [1.82, 2.24) is 0 Å². The molecule has 0 aromatic carbocycles. The van der Waals surface area contributed by atoms with Crippen molar-refractivity contribution in [3.05, 3.63) is 0 Å². The lowest BCUT2D eigenvalue weighted by molar-refractivity contribution is -0.161. The van der Waals surface area contributed by atoms with E-state index in [4.69, 9.17) is 37.0 Å². The second-order valence-electron chi connectivity index (χ2n) is 27.9. The van der Waals surface area contributed by atoms with Gasteiger partial charge in [-0.05, 0) is 43.4 Å². The van der Waals surface area contributed by atoms with E-state index in [0.29, 0.717) is 25.7 Å². The fraction of sp³-hybridized carbons (Fsp3) is 0.946. The van der Waals surface area contributed by atoms with Crippen LogP contribution >= 0.6 is 15.6 Å². The number of rotatable bonds is 72. The van der Waals surface area contributed by atoms with Gasteiger partial charge in [-0.25, -0.2) is 9.13 Å². The highest BCUT2D eigenvalue weighted by molar-refractivity contribution is 7.47. The topological polar surface area (TPSA) is 237 Å². The average Bonchev–Trinajstić information content (AvgIpc) is 2.73. The number of phosphoric acid groups is 2. The molecular formula is C74H144O17P2. The molecule has 0 aromatic heterocycles. The van der Waals surface area contributed by atoms with E-state index in [-0.39, 0.29) is 25.7 Å². The minimum absolute atomic E-state index is 0.104. The van der Waals surface area contributed by atoms with E-state index < -0.39 is 97.5 Å². The predicted molar refractivity (Wildman–Crippen MR) is 377 cm³/mol. The molecule has 0 saturated heterocycles. The van der Waals surface area contributed by atoms with E-state index in [9.17, 15) is 43.2 Å². The molecule has 17 nitrogen and oxygen atoms in total. The number of aliphatic hydroxyl groups is 1. The molecule has 0 aromatic rings. The molecule has 0 aliphatic rings. The number of hydrogen-bond donors (Lipinski definition) is 3. The van der Waals surface area contributed by atoms with Crippen molar-refractivity contribution in [2.75, 3.05) is 39.6 Å². The normalized spacial score (nSPS) is 14.4. The Morgan fingerprint density at radius 2 is 0.548 bits per heavy atom. The van der Waals surface area contributed by atoms with Crippen LogP contribution in [-0.2, 0) is 65.4 Å². The third-order valence-corrected chi connectivity index (χ3v) is 19.4. The van der Waals surface area contributed by atoms with Gasteiger partial charge in [0.15, 0.2) is 12.2 Å². The van der Waals surface area contributed by atoms with Gasteiger partial charge < -0.3 is 33.8 Å². The molecule has 0 radical (unpaired) electrons. The van der Waals surface area contributed by atoms with Gasteiger partial charge in [-0.3, -0.25) is 37.3 Å². The summed E-state index contributed by atoms with van der Waals surface area (Å²) in [6.07, 6.45) is 49.9. The SMILES string of the molecule is CCCCCCCCCCCCCCCCCCC(=O)O[C@H](COC(=O)CCCCCCCCCCCCCCC(C)C)COP(=O)(O)OC[C@@H](O)COP(=O)(O)OC[C@@H](COC(=O)CCCCCCCCC(C)CC)OC(=O)CCCCCCCCCCCC(C)C. The smallest absolute Gasteiger partial charge is 0.462 e. The van der Waals surface area contributed by atoms with Gasteiger partial charge in [0.1, 0.15) is 19.3 Å². The molecule has 0 rings (SSSR count). The zero-order valence-corrected chi connectivity index (χ0v) is 62.5. The van der Waals surface area contributed by atoms with Crippen molar-refractivity contribution < 1.29 is 80.2 Å². The molecule has 0 spiro atoms. The highest BCUT2D eigenvalue weighted by Gasteiger charge is 2.30. The molecule has 0 aliphatic carbocycles. The van der Waals surface area contributed by atoms with Crippen LogP contribution in [0.15, 0.2) is 0 Å². The van der Waals surface area contributed by atoms with Crippen molar-refractivity contribution >= 4 is 39.5 Å². The molecule has 93 heavy (non-hydrogen) atoms. The Morgan fingerprint density at radius 1 is 0.312 bits per heavy atom. The minimum Gasteiger partial charge on any atom is -0.462 e. The summed E-state index contributed by atoms with van der Waals surface area (Å²) >= 11 is 0. The predicted octanol–water partition coefficient (Wildman–Crippen LogP) is 21.4. The van der Waals surface area contributed by atoms with Gasteiger partial charge in [0.2, 0.25) is 0 Å². The molecule has 0 fully saturated rings. The molecule has 19 heteroatoms. The standard InChI is InChI=1S/C74H144O17P2/c1-8-10-11-12-13-14-15-16-17-18-19-24-29-34-43-50-57-73(78)90-69(61-84-71(76)55-48-41-33-28-23-21-20-22-26-31-38-45-52-65(3)4)63-88-92(80,81)86-59-68(75)60-87-93(82,83)89-64-70(62-85-72(77)56-49-42-37-36-40-47-54-67(7)9-2)91-74(79)58-51-44-35-30-25-27-32-39-46-53-66(5)6/h65-70,75H,8-64H2,1-7H3,(H,80,81)(H,82,83)/t67?,68-,69-,70-/m1/s1. The number of ether oxygens (including phenoxy) is 4. The number of unbranched alkanes of at least 4 members (excludes halogenated alkanes) is 39. The summed E-state index contributed by atoms with van der Waals surface area (Å²) in [6.45, 7) is 11.8. The van der Waals surface area contributed by atoms with Crippen LogP contribution in [0.5, 0.6) is 0 Å². The number of carbonyl (C=O) groups is 4. The second kappa shape index (κ2) is 64.7. The first-order valence-corrected chi connectivity index (χ1v) is 41.4. The largest absolute Gasteiger partial charge is 0.472 e. The summed E-state index contributed by atoms with van der Waals surface area (Å²) in [5, 5.41) is 10.6. The maximum atomic E-state index is 13.1. The van der Waals surface area contributed by atoms with Crippen LogP contribution in [0.1, 0.15) is 376 Å². The molecule has 552 valence electrons. The van der Waals surface area contributed by atoms with Crippen molar-refractivity contribution in [2.45, 2.75) is 394 Å². The van der Waals surface area contributed by atoms with Crippen molar-refractivity contribution in [3.63, 3.8) is 0 Å². The Balaban J connectivity index is 5.26. The summed E-state index contributed by atoms with van der Waals surface area (Å²) < 4.78 is 68.4. The monoisotopic (exact) mass is 1370 g/mol.